The van der Waals surface area contributed by atoms with E-state index in [-0.39, 0.29) is 44.7 Å². The van der Waals surface area contributed by atoms with Crippen molar-refractivity contribution in [1.29, 1.82) is 0 Å². The number of alkyl halides is 3. The second-order valence-electron chi connectivity index (χ2n) is 5.68. The number of amides is 1. The minimum Gasteiger partial charge on any atom is -0.480 e. The average Bonchev–Trinajstić information content (AvgIpc) is 2.45. The summed E-state index contributed by atoms with van der Waals surface area (Å²) in [6.07, 6.45) is -3.95. The van der Waals surface area contributed by atoms with Gasteiger partial charge in [-0.15, -0.1) is 0 Å². The molecule has 0 aromatic carbocycles. The first-order valence-corrected chi connectivity index (χ1v) is 7.11. The molecule has 1 aliphatic carbocycles. The first-order valence-electron chi connectivity index (χ1n) is 7.11. The fraction of sp³-hybridized carbons (Fsp3) is 0.846. The van der Waals surface area contributed by atoms with Gasteiger partial charge in [-0.3, -0.25) is 4.79 Å². The topological polar surface area (TPSA) is 69.6 Å². The number of hydrogen-bond acceptors (Lipinski definition) is 3. The maximum absolute atomic E-state index is 12.6. The Morgan fingerprint density at radius 3 is 2.29 bits per heavy atom. The average molecular weight is 308 g/mol. The van der Waals surface area contributed by atoms with E-state index < -0.39 is 30.0 Å². The molecule has 120 valence electrons. The molecule has 2 rings (SSSR count). The Hall–Kier alpha value is -1.31. The van der Waals surface area contributed by atoms with Gasteiger partial charge in [-0.05, 0) is 25.7 Å². The van der Waals surface area contributed by atoms with Gasteiger partial charge in [0.15, 0.2) is 0 Å². The molecule has 0 radical (unpaired) electrons. The van der Waals surface area contributed by atoms with Gasteiger partial charge in [0.2, 0.25) is 5.91 Å². The summed E-state index contributed by atoms with van der Waals surface area (Å²) >= 11 is 0. The first-order chi connectivity index (χ1) is 9.80. The zero-order valence-electron chi connectivity index (χ0n) is 11.5. The van der Waals surface area contributed by atoms with E-state index in [4.69, 9.17) is 5.11 Å². The quantitative estimate of drug-likeness (QED) is 0.805. The standard InChI is InChI=1S/C13H19F3N2O3/c14-13(15,16)9-3-1-8(2-4-9)11(19)18-6-5-17-7-10(18)12(20)21/h8-10,17H,1-7H2,(H,20,21). The highest BCUT2D eigenvalue weighted by Gasteiger charge is 2.44. The van der Waals surface area contributed by atoms with Crippen LogP contribution in [0.5, 0.6) is 0 Å². The fourth-order valence-electron chi connectivity index (χ4n) is 3.09. The normalized spacial score (nSPS) is 31.0. The number of piperazine rings is 1. The SMILES string of the molecule is O=C(O)C1CNCCN1C(=O)C1CCC(C(F)(F)F)CC1. The summed E-state index contributed by atoms with van der Waals surface area (Å²) in [5.41, 5.74) is 0. The Kier molecular flexibility index (Phi) is 4.75. The van der Waals surface area contributed by atoms with Crippen molar-refractivity contribution in [3.05, 3.63) is 0 Å². The highest BCUT2D eigenvalue weighted by atomic mass is 19.4. The molecule has 5 nitrogen and oxygen atoms in total. The van der Waals surface area contributed by atoms with Gasteiger partial charge < -0.3 is 15.3 Å². The predicted molar refractivity (Wildman–Crippen MR) is 67.5 cm³/mol. The second-order valence-corrected chi connectivity index (χ2v) is 5.68. The molecular formula is C13H19F3N2O3. The lowest BCUT2D eigenvalue weighted by atomic mass is 9.80. The minimum absolute atomic E-state index is 0.0519. The van der Waals surface area contributed by atoms with E-state index in [2.05, 4.69) is 5.32 Å². The van der Waals surface area contributed by atoms with Crippen molar-refractivity contribution >= 4 is 11.9 Å². The van der Waals surface area contributed by atoms with Crippen LogP contribution in [-0.4, -0.2) is 53.7 Å². The molecule has 1 saturated heterocycles. The molecular weight excluding hydrogens is 289 g/mol. The van der Waals surface area contributed by atoms with E-state index in [1.54, 1.807) is 0 Å². The number of nitrogens with one attached hydrogen (secondary N) is 1. The Labute approximate surface area is 120 Å². The van der Waals surface area contributed by atoms with Crippen molar-refractivity contribution in [3.63, 3.8) is 0 Å². The smallest absolute Gasteiger partial charge is 0.391 e. The van der Waals surface area contributed by atoms with Gasteiger partial charge in [0.25, 0.3) is 0 Å². The van der Waals surface area contributed by atoms with Gasteiger partial charge in [-0.25, -0.2) is 4.79 Å². The number of carboxylic acids is 1. The molecule has 1 amide bonds. The van der Waals surface area contributed by atoms with Gasteiger partial charge in [0, 0.05) is 25.6 Å². The van der Waals surface area contributed by atoms with E-state index in [1.807, 2.05) is 0 Å². The molecule has 21 heavy (non-hydrogen) atoms. The number of aliphatic carboxylic acids is 1. The van der Waals surface area contributed by atoms with Crippen molar-refractivity contribution in [1.82, 2.24) is 10.2 Å². The summed E-state index contributed by atoms with van der Waals surface area (Å²) < 4.78 is 37.8. The zero-order valence-corrected chi connectivity index (χ0v) is 11.5. The fourth-order valence-corrected chi connectivity index (χ4v) is 3.09. The van der Waals surface area contributed by atoms with Gasteiger partial charge in [0.1, 0.15) is 6.04 Å². The largest absolute Gasteiger partial charge is 0.480 e. The van der Waals surface area contributed by atoms with Gasteiger partial charge in [0.05, 0.1) is 5.92 Å². The number of nitrogens with zero attached hydrogens (tertiary/aromatic N) is 1. The minimum atomic E-state index is -4.20. The predicted octanol–water partition coefficient (Wildman–Crippen LogP) is 1.24. The van der Waals surface area contributed by atoms with E-state index in [9.17, 15) is 22.8 Å². The summed E-state index contributed by atoms with van der Waals surface area (Å²) in [5, 5.41) is 12.0. The van der Waals surface area contributed by atoms with Gasteiger partial charge in [-0.1, -0.05) is 0 Å². The molecule has 2 fully saturated rings. The number of carbonyl (C=O) groups is 2. The molecule has 1 unspecified atom stereocenters. The summed E-state index contributed by atoms with van der Waals surface area (Å²) in [5.74, 6) is -3.22. The summed E-state index contributed by atoms with van der Waals surface area (Å²) in [6, 6.07) is -0.924. The third-order valence-corrected chi connectivity index (χ3v) is 4.35. The molecule has 0 bridgehead atoms. The monoisotopic (exact) mass is 308 g/mol. The van der Waals surface area contributed by atoms with Crippen LogP contribution in [0.1, 0.15) is 25.7 Å². The van der Waals surface area contributed by atoms with Crippen LogP contribution in [0.15, 0.2) is 0 Å². The van der Waals surface area contributed by atoms with Crippen LogP contribution in [0.3, 0.4) is 0 Å². The Morgan fingerprint density at radius 2 is 1.76 bits per heavy atom. The van der Waals surface area contributed by atoms with Gasteiger partial charge >= 0.3 is 12.1 Å². The molecule has 1 saturated carbocycles. The summed E-state index contributed by atoms with van der Waals surface area (Å²) in [7, 11) is 0. The maximum Gasteiger partial charge on any atom is 0.391 e. The Morgan fingerprint density at radius 1 is 1.14 bits per heavy atom. The number of hydrogen-bond donors (Lipinski definition) is 2. The lowest BCUT2D eigenvalue weighted by Gasteiger charge is -2.37. The molecule has 2 aliphatic rings. The highest BCUT2D eigenvalue weighted by molar-refractivity contribution is 5.85. The van der Waals surface area contributed by atoms with Crippen LogP contribution in [-0.2, 0) is 9.59 Å². The molecule has 8 heteroatoms. The second kappa shape index (κ2) is 6.21. The summed E-state index contributed by atoms with van der Waals surface area (Å²) in [6.45, 7) is 0.974. The summed E-state index contributed by atoms with van der Waals surface area (Å²) in [4.78, 5) is 24.8. The van der Waals surface area contributed by atoms with Crippen LogP contribution in [0.4, 0.5) is 13.2 Å². The van der Waals surface area contributed by atoms with Crippen LogP contribution >= 0.6 is 0 Å². The van der Waals surface area contributed by atoms with E-state index in [1.165, 1.54) is 4.90 Å². The van der Waals surface area contributed by atoms with E-state index in [0.717, 1.165) is 0 Å². The third kappa shape index (κ3) is 3.66. The van der Waals surface area contributed by atoms with Crippen molar-refractivity contribution in [2.75, 3.05) is 19.6 Å². The van der Waals surface area contributed by atoms with Crippen molar-refractivity contribution in [2.24, 2.45) is 11.8 Å². The molecule has 0 spiro atoms. The molecule has 1 atom stereocenters. The maximum atomic E-state index is 12.6. The van der Waals surface area contributed by atoms with Crippen LogP contribution < -0.4 is 5.32 Å². The van der Waals surface area contributed by atoms with Crippen molar-refractivity contribution in [2.45, 2.75) is 37.9 Å². The first kappa shape index (κ1) is 16.1. The Bertz CT molecular complexity index is 406. The van der Waals surface area contributed by atoms with Crippen LogP contribution in [0.25, 0.3) is 0 Å². The van der Waals surface area contributed by atoms with Crippen molar-refractivity contribution < 1.29 is 27.9 Å². The molecule has 0 aromatic rings. The number of carboxylic acid groups (broad SMARTS) is 1. The molecule has 0 aromatic heterocycles. The van der Waals surface area contributed by atoms with Crippen LogP contribution in [0, 0.1) is 11.8 Å². The van der Waals surface area contributed by atoms with E-state index >= 15 is 0 Å². The Balaban J connectivity index is 1.96. The lowest BCUT2D eigenvalue weighted by Crippen LogP contribution is -2.58. The molecule has 2 N–H and O–H groups in total. The number of rotatable bonds is 2. The number of halogens is 3. The lowest BCUT2D eigenvalue weighted by molar-refractivity contribution is -0.185. The molecule has 1 aliphatic heterocycles. The molecule has 1 heterocycles. The van der Waals surface area contributed by atoms with Crippen molar-refractivity contribution in [3.8, 4) is 0 Å². The third-order valence-electron chi connectivity index (χ3n) is 4.35. The van der Waals surface area contributed by atoms with Crippen LogP contribution in [0.2, 0.25) is 0 Å². The van der Waals surface area contributed by atoms with E-state index in [0.29, 0.717) is 6.54 Å². The highest BCUT2D eigenvalue weighted by Crippen LogP contribution is 2.40. The van der Waals surface area contributed by atoms with Gasteiger partial charge in [-0.2, -0.15) is 13.2 Å². The number of carbonyl (C=O) groups excluding carboxylic acids is 1. The zero-order chi connectivity index (χ0) is 15.6.